The van der Waals surface area contributed by atoms with Crippen molar-refractivity contribution in [3.8, 4) is 0 Å². The van der Waals surface area contributed by atoms with E-state index in [1.165, 1.54) is 44.2 Å². The van der Waals surface area contributed by atoms with E-state index in [1.807, 2.05) is 24.3 Å². The average Bonchev–Trinajstić information content (AvgIpc) is 3.14. The number of aromatic nitrogens is 2. The van der Waals surface area contributed by atoms with Gasteiger partial charge >= 0.3 is 0 Å². The zero-order chi connectivity index (χ0) is 17.2. The van der Waals surface area contributed by atoms with E-state index >= 15 is 0 Å². The monoisotopic (exact) mass is 357 g/mol. The zero-order valence-corrected chi connectivity index (χ0v) is 15.1. The molecule has 1 aromatic carbocycles. The number of benzene rings is 1. The summed E-state index contributed by atoms with van der Waals surface area (Å²) in [4.78, 5) is 12.2. The van der Waals surface area contributed by atoms with Gasteiger partial charge in [-0.3, -0.25) is 9.48 Å². The number of carbonyl (C=O) groups excluding carboxylic acids is 1. The number of halogens is 1. The van der Waals surface area contributed by atoms with Gasteiger partial charge < -0.3 is 5.32 Å². The molecule has 0 unspecified atom stereocenters. The number of carbonyl (C=O) groups is 1. The van der Waals surface area contributed by atoms with Gasteiger partial charge in [0.15, 0.2) is 0 Å². The van der Waals surface area contributed by atoms with Crippen molar-refractivity contribution in [3.63, 3.8) is 0 Å². The Morgan fingerprint density at radius 3 is 2.68 bits per heavy atom. The number of nitrogens with one attached hydrogen (secondary N) is 1. The standard InChI is InChI=1S/C20H24ClN3O/c21-18-8-4-1-5-15(18)11-20(25)22-13-16-12-19(14-9-10-14)24(23-16)17-6-2-3-7-17/h1,4-5,8,12,14,17H,2-3,6-7,9-11,13H2,(H,22,25). The second kappa shape index (κ2) is 7.20. The van der Waals surface area contributed by atoms with E-state index in [0.717, 1.165) is 11.3 Å². The molecular weight excluding hydrogens is 334 g/mol. The lowest BCUT2D eigenvalue weighted by atomic mass is 10.1. The fourth-order valence-electron chi connectivity index (χ4n) is 3.74. The normalized spacial score (nSPS) is 17.8. The number of rotatable bonds is 6. The van der Waals surface area contributed by atoms with Gasteiger partial charge in [-0.15, -0.1) is 0 Å². The molecule has 0 atom stereocenters. The summed E-state index contributed by atoms with van der Waals surface area (Å²) < 4.78 is 2.26. The van der Waals surface area contributed by atoms with Crippen molar-refractivity contribution < 1.29 is 4.79 Å². The van der Waals surface area contributed by atoms with Gasteiger partial charge in [0.2, 0.25) is 5.91 Å². The molecule has 132 valence electrons. The minimum Gasteiger partial charge on any atom is -0.350 e. The van der Waals surface area contributed by atoms with Gasteiger partial charge in [-0.05, 0) is 43.4 Å². The fraction of sp³-hybridized carbons (Fsp3) is 0.500. The van der Waals surface area contributed by atoms with Gasteiger partial charge in [0.1, 0.15) is 0 Å². The molecule has 0 bridgehead atoms. The molecule has 1 N–H and O–H groups in total. The summed E-state index contributed by atoms with van der Waals surface area (Å²) in [6.45, 7) is 0.489. The van der Waals surface area contributed by atoms with Gasteiger partial charge in [-0.25, -0.2) is 0 Å². The second-order valence-corrected chi connectivity index (χ2v) is 7.67. The van der Waals surface area contributed by atoms with Crippen LogP contribution in [0.1, 0.15) is 67.4 Å². The van der Waals surface area contributed by atoms with E-state index in [4.69, 9.17) is 16.7 Å². The van der Waals surface area contributed by atoms with E-state index in [1.54, 1.807) is 0 Å². The molecule has 2 aromatic rings. The summed E-state index contributed by atoms with van der Waals surface area (Å²) in [5.74, 6) is 0.664. The molecule has 2 fully saturated rings. The number of amides is 1. The van der Waals surface area contributed by atoms with Crippen LogP contribution in [0.25, 0.3) is 0 Å². The average molecular weight is 358 g/mol. The lowest BCUT2D eigenvalue weighted by Gasteiger charge is -2.13. The van der Waals surface area contributed by atoms with Crippen LogP contribution in [-0.2, 0) is 17.8 Å². The van der Waals surface area contributed by atoms with Gasteiger partial charge in [-0.2, -0.15) is 5.10 Å². The van der Waals surface area contributed by atoms with Gasteiger partial charge in [0, 0.05) is 16.6 Å². The van der Waals surface area contributed by atoms with Crippen LogP contribution in [0.4, 0.5) is 0 Å². The maximum atomic E-state index is 12.2. The van der Waals surface area contributed by atoms with Crippen LogP contribution in [0.3, 0.4) is 0 Å². The molecule has 0 aliphatic heterocycles. The fourth-order valence-corrected chi connectivity index (χ4v) is 3.94. The van der Waals surface area contributed by atoms with Crippen molar-refractivity contribution in [3.05, 3.63) is 52.3 Å². The van der Waals surface area contributed by atoms with Gasteiger partial charge in [0.25, 0.3) is 0 Å². The zero-order valence-electron chi connectivity index (χ0n) is 14.4. The maximum Gasteiger partial charge on any atom is 0.224 e. The summed E-state index contributed by atoms with van der Waals surface area (Å²) in [6.07, 6.45) is 7.93. The van der Waals surface area contributed by atoms with Crippen LogP contribution in [0.5, 0.6) is 0 Å². The van der Waals surface area contributed by atoms with Crippen molar-refractivity contribution in [1.82, 2.24) is 15.1 Å². The first kappa shape index (κ1) is 16.6. The SMILES string of the molecule is O=C(Cc1ccccc1Cl)NCc1cc(C2CC2)n(C2CCCC2)n1. The van der Waals surface area contributed by atoms with Crippen molar-refractivity contribution in [2.24, 2.45) is 0 Å². The number of nitrogens with zero attached hydrogens (tertiary/aromatic N) is 2. The highest BCUT2D eigenvalue weighted by Crippen LogP contribution is 2.43. The topological polar surface area (TPSA) is 46.9 Å². The first-order valence-corrected chi connectivity index (χ1v) is 9.67. The highest BCUT2D eigenvalue weighted by atomic mass is 35.5. The Kier molecular flexibility index (Phi) is 4.80. The van der Waals surface area contributed by atoms with Crippen LogP contribution >= 0.6 is 11.6 Å². The van der Waals surface area contributed by atoms with Crippen LogP contribution in [0.15, 0.2) is 30.3 Å². The van der Waals surface area contributed by atoms with Crippen molar-refractivity contribution in [1.29, 1.82) is 0 Å². The minimum absolute atomic E-state index is 0.0171. The second-order valence-electron chi connectivity index (χ2n) is 7.26. The Hall–Kier alpha value is -1.81. The number of hydrogen-bond donors (Lipinski definition) is 1. The smallest absolute Gasteiger partial charge is 0.224 e. The quantitative estimate of drug-likeness (QED) is 0.833. The van der Waals surface area contributed by atoms with E-state index in [9.17, 15) is 4.79 Å². The van der Waals surface area contributed by atoms with E-state index in [2.05, 4.69) is 16.1 Å². The summed E-state index contributed by atoms with van der Waals surface area (Å²) >= 11 is 6.13. The van der Waals surface area contributed by atoms with Gasteiger partial charge in [-0.1, -0.05) is 42.6 Å². The molecule has 5 heteroatoms. The Morgan fingerprint density at radius 1 is 1.20 bits per heavy atom. The summed E-state index contributed by atoms with van der Waals surface area (Å²) in [5.41, 5.74) is 3.21. The molecular formula is C20H24ClN3O. The van der Waals surface area contributed by atoms with E-state index < -0.39 is 0 Å². The lowest BCUT2D eigenvalue weighted by Crippen LogP contribution is -2.25. The molecule has 1 aromatic heterocycles. The predicted octanol–water partition coefficient (Wildman–Crippen LogP) is 4.39. The third-order valence-corrected chi connectivity index (χ3v) is 5.63. The summed E-state index contributed by atoms with van der Waals surface area (Å²) in [5, 5.41) is 8.46. The Labute approximate surface area is 153 Å². The Morgan fingerprint density at radius 2 is 1.96 bits per heavy atom. The summed E-state index contributed by atoms with van der Waals surface area (Å²) in [7, 11) is 0. The Bertz CT molecular complexity index is 760. The minimum atomic E-state index is -0.0171. The highest BCUT2D eigenvalue weighted by Gasteiger charge is 2.31. The molecule has 4 rings (SSSR count). The first-order valence-electron chi connectivity index (χ1n) is 9.29. The third-order valence-electron chi connectivity index (χ3n) is 5.26. The molecule has 1 amide bonds. The Balaban J connectivity index is 1.40. The van der Waals surface area contributed by atoms with Crippen LogP contribution < -0.4 is 5.32 Å². The van der Waals surface area contributed by atoms with Crippen molar-refractivity contribution >= 4 is 17.5 Å². The first-order chi connectivity index (χ1) is 12.2. The van der Waals surface area contributed by atoms with Crippen LogP contribution in [-0.4, -0.2) is 15.7 Å². The van der Waals surface area contributed by atoms with E-state index in [-0.39, 0.29) is 5.91 Å². The molecule has 2 aliphatic rings. The third kappa shape index (κ3) is 3.90. The molecule has 0 saturated heterocycles. The highest BCUT2D eigenvalue weighted by molar-refractivity contribution is 6.31. The maximum absolute atomic E-state index is 12.2. The largest absolute Gasteiger partial charge is 0.350 e. The molecule has 1 heterocycles. The van der Waals surface area contributed by atoms with Gasteiger partial charge in [0.05, 0.1) is 24.7 Å². The van der Waals surface area contributed by atoms with Crippen molar-refractivity contribution in [2.75, 3.05) is 0 Å². The van der Waals surface area contributed by atoms with Crippen LogP contribution in [0, 0.1) is 0 Å². The molecule has 2 aliphatic carbocycles. The number of hydrogen-bond acceptors (Lipinski definition) is 2. The lowest BCUT2D eigenvalue weighted by molar-refractivity contribution is -0.120. The van der Waals surface area contributed by atoms with Crippen molar-refractivity contribution in [2.45, 2.75) is 63.5 Å². The molecule has 0 spiro atoms. The molecule has 4 nitrogen and oxygen atoms in total. The summed E-state index contributed by atoms with van der Waals surface area (Å²) in [6, 6.07) is 10.2. The molecule has 2 saturated carbocycles. The molecule has 0 radical (unpaired) electrons. The van der Waals surface area contributed by atoms with Crippen LogP contribution in [0.2, 0.25) is 5.02 Å². The predicted molar refractivity (Wildman–Crippen MR) is 98.7 cm³/mol. The van der Waals surface area contributed by atoms with E-state index in [0.29, 0.717) is 29.9 Å². The molecule has 25 heavy (non-hydrogen) atoms.